The van der Waals surface area contributed by atoms with E-state index in [1.165, 1.54) is 5.56 Å². The van der Waals surface area contributed by atoms with E-state index in [0.717, 1.165) is 32.5 Å². The number of nitrogens with zero attached hydrogens (tertiary/aromatic N) is 1. The van der Waals surface area contributed by atoms with Crippen LogP contribution in [0.4, 0.5) is 5.69 Å². The zero-order valence-electron chi connectivity index (χ0n) is 13.7. The molecular formula is C19H24ClN3O. The van der Waals surface area contributed by atoms with Crippen LogP contribution in [0.5, 0.6) is 0 Å². The lowest BCUT2D eigenvalue weighted by molar-refractivity contribution is 0.0909. The molecule has 1 saturated heterocycles. The van der Waals surface area contributed by atoms with Crippen molar-refractivity contribution in [1.29, 1.82) is 0 Å². The van der Waals surface area contributed by atoms with Crippen LogP contribution >= 0.6 is 12.4 Å². The Hall–Kier alpha value is -2.04. The van der Waals surface area contributed by atoms with E-state index >= 15 is 0 Å². The van der Waals surface area contributed by atoms with Crippen LogP contribution in [0.2, 0.25) is 0 Å². The molecule has 1 fully saturated rings. The summed E-state index contributed by atoms with van der Waals surface area (Å²) in [7, 11) is 0. The largest absolute Gasteiger partial charge is 0.399 e. The van der Waals surface area contributed by atoms with Gasteiger partial charge < -0.3 is 11.1 Å². The highest BCUT2D eigenvalue weighted by Gasteiger charge is 2.21. The average Bonchev–Trinajstić information content (AvgIpc) is 2.58. The van der Waals surface area contributed by atoms with Gasteiger partial charge in [0.15, 0.2) is 0 Å². The van der Waals surface area contributed by atoms with Crippen LogP contribution in [0.3, 0.4) is 0 Å². The lowest BCUT2D eigenvalue weighted by Gasteiger charge is -2.32. The van der Waals surface area contributed by atoms with Crippen LogP contribution in [0.1, 0.15) is 28.8 Å². The van der Waals surface area contributed by atoms with Crippen LogP contribution < -0.4 is 11.1 Å². The minimum atomic E-state index is -0.00786. The number of nitrogens with two attached hydrogens (primary N) is 1. The first kappa shape index (κ1) is 18.3. The zero-order chi connectivity index (χ0) is 16.1. The molecule has 2 aromatic carbocycles. The average molecular weight is 346 g/mol. The quantitative estimate of drug-likeness (QED) is 0.837. The number of hydrogen-bond donors (Lipinski definition) is 2. The van der Waals surface area contributed by atoms with Gasteiger partial charge in [-0.15, -0.1) is 12.4 Å². The molecule has 3 N–H and O–H groups in total. The van der Waals surface area contributed by atoms with E-state index in [1.54, 1.807) is 24.3 Å². The maximum atomic E-state index is 12.2. The number of likely N-dealkylation sites (tertiary alicyclic amines) is 1. The molecule has 0 bridgehead atoms. The Morgan fingerprint density at radius 2 is 1.67 bits per heavy atom. The van der Waals surface area contributed by atoms with Crippen molar-refractivity contribution >= 4 is 24.0 Å². The van der Waals surface area contributed by atoms with Crippen molar-refractivity contribution in [3.05, 3.63) is 65.7 Å². The van der Waals surface area contributed by atoms with E-state index < -0.39 is 0 Å². The number of nitrogens with one attached hydrogen (secondary N) is 1. The summed E-state index contributed by atoms with van der Waals surface area (Å²) in [5, 5.41) is 3.13. The van der Waals surface area contributed by atoms with Gasteiger partial charge in [-0.3, -0.25) is 9.69 Å². The lowest BCUT2D eigenvalue weighted by atomic mass is 10.0. The third kappa shape index (κ3) is 4.98. The minimum Gasteiger partial charge on any atom is -0.399 e. The predicted molar refractivity (Wildman–Crippen MR) is 100 cm³/mol. The molecule has 0 atom stereocenters. The summed E-state index contributed by atoms with van der Waals surface area (Å²) >= 11 is 0. The summed E-state index contributed by atoms with van der Waals surface area (Å²) in [6.45, 7) is 3.02. The maximum Gasteiger partial charge on any atom is 0.251 e. The number of amides is 1. The molecule has 3 rings (SSSR count). The summed E-state index contributed by atoms with van der Waals surface area (Å²) in [6, 6.07) is 17.8. The van der Waals surface area contributed by atoms with Gasteiger partial charge in [0.05, 0.1) is 0 Å². The maximum absolute atomic E-state index is 12.2. The van der Waals surface area contributed by atoms with Crippen molar-refractivity contribution in [2.24, 2.45) is 0 Å². The summed E-state index contributed by atoms with van der Waals surface area (Å²) in [4.78, 5) is 14.7. The first-order chi connectivity index (χ1) is 11.2. The van der Waals surface area contributed by atoms with Gasteiger partial charge >= 0.3 is 0 Å². The van der Waals surface area contributed by atoms with E-state index in [1.807, 2.05) is 6.07 Å². The molecule has 1 amide bonds. The molecule has 0 radical (unpaired) electrons. The second-order valence-electron chi connectivity index (χ2n) is 6.13. The molecule has 1 aliphatic heterocycles. The van der Waals surface area contributed by atoms with Gasteiger partial charge in [0.25, 0.3) is 5.91 Å². The van der Waals surface area contributed by atoms with Crippen LogP contribution in [-0.4, -0.2) is 29.9 Å². The monoisotopic (exact) mass is 345 g/mol. The van der Waals surface area contributed by atoms with Gasteiger partial charge in [0.1, 0.15) is 0 Å². The standard InChI is InChI=1S/C19H23N3O.ClH/c20-17-8-6-16(7-9-17)19(23)21-18-10-12-22(13-11-18)14-15-4-2-1-3-5-15;/h1-9,18H,10-14,20H2,(H,21,23);1H. The van der Waals surface area contributed by atoms with E-state index in [4.69, 9.17) is 5.73 Å². The van der Waals surface area contributed by atoms with E-state index in [0.29, 0.717) is 11.3 Å². The molecule has 2 aromatic rings. The first-order valence-electron chi connectivity index (χ1n) is 8.13. The number of rotatable bonds is 4. The van der Waals surface area contributed by atoms with Crippen LogP contribution in [0.25, 0.3) is 0 Å². The van der Waals surface area contributed by atoms with Gasteiger partial charge in [-0.2, -0.15) is 0 Å². The third-order valence-electron chi connectivity index (χ3n) is 4.34. The fourth-order valence-corrected chi connectivity index (χ4v) is 2.98. The normalized spacial score (nSPS) is 15.5. The van der Waals surface area contributed by atoms with Crippen molar-refractivity contribution in [3.63, 3.8) is 0 Å². The van der Waals surface area contributed by atoms with E-state index in [2.05, 4.69) is 34.5 Å². The van der Waals surface area contributed by atoms with Crippen LogP contribution in [0, 0.1) is 0 Å². The molecule has 128 valence electrons. The Kier molecular flexibility index (Phi) is 6.64. The first-order valence-corrected chi connectivity index (χ1v) is 8.13. The molecule has 0 spiro atoms. The Bertz CT molecular complexity index is 637. The number of benzene rings is 2. The fourth-order valence-electron chi connectivity index (χ4n) is 2.98. The molecule has 0 aromatic heterocycles. The topological polar surface area (TPSA) is 58.4 Å². The van der Waals surface area contributed by atoms with Crippen molar-refractivity contribution in [2.45, 2.75) is 25.4 Å². The van der Waals surface area contributed by atoms with Gasteiger partial charge in [-0.05, 0) is 42.7 Å². The Balaban J connectivity index is 0.00000208. The Morgan fingerprint density at radius 1 is 1.04 bits per heavy atom. The minimum absolute atomic E-state index is 0. The van der Waals surface area contributed by atoms with Crippen LogP contribution in [0.15, 0.2) is 54.6 Å². The molecule has 24 heavy (non-hydrogen) atoms. The molecule has 1 heterocycles. The molecule has 0 unspecified atom stereocenters. The van der Waals surface area contributed by atoms with Gasteiger partial charge in [0.2, 0.25) is 0 Å². The number of nitrogen functional groups attached to an aromatic ring is 1. The summed E-state index contributed by atoms with van der Waals surface area (Å²) in [6.07, 6.45) is 1.99. The second kappa shape index (κ2) is 8.71. The van der Waals surface area contributed by atoms with Crippen molar-refractivity contribution in [3.8, 4) is 0 Å². The molecule has 0 aliphatic carbocycles. The molecule has 0 saturated carbocycles. The number of carbonyl (C=O) groups excluding carboxylic acids is 1. The number of anilines is 1. The second-order valence-corrected chi connectivity index (χ2v) is 6.13. The third-order valence-corrected chi connectivity index (χ3v) is 4.34. The lowest BCUT2D eigenvalue weighted by Crippen LogP contribution is -2.44. The summed E-state index contributed by atoms with van der Waals surface area (Å²) < 4.78 is 0. The number of piperidine rings is 1. The van der Waals surface area contributed by atoms with Gasteiger partial charge in [-0.1, -0.05) is 30.3 Å². The van der Waals surface area contributed by atoms with Gasteiger partial charge in [0, 0.05) is 36.9 Å². The SMILES string of the molecule is Cl.Nc1ccc(C(=O)NC2CCN(Cc3ccccc3)CC2)cc1. The molecule has 4 nitrogen and oxygen atoms in total. The van der Waals surface area contributed by atoms with Gasteiger partial charge in [-0.25, -0.2) is 0 Å². The Morgan fingerprint density at radius 3 is 2.29 bits per heavy atom. The van der Waals surface area contributed by atoms with E-state index in [-0.39, 0.29) is 24.4 Å². The summed E-state index contributed by atoms with van der Waals surface area (Å²) in [5.74, 6) is -0.00786. The highest BCUT2D eigenvalue weighted by Crippen LogP contribution is 2.14. The highest BCUT2D eigenvalue weighted by molar-refractivity contribution is 5.94. The van der Waals surface area contributed by atoms with Crippen molar-refractivity contribution in [2.75, 3.05) is 18.8 Å². The number of halogens is 1. The van der Waals surface area contributed by atoms with E-state index in [9.17, 15) is 4.79 Å². The molecule has 5 heteroatoms. The Labute approximate surface area is 149 Å². The highest BCUT2D eigenvalue weighted by atomic mass is 35.5. The smallest absolute Gasteiger partial charge is 0.251 e. The zero-order valence-corrected chi connectivity index (χ0v) is 14.5. The molecule has 1 aliphatic rings. The van der Waals surface area contributed by atoms with Crippen molar-refractivity contribution < 1.29 is 4.79 Å². The van der Waals surface area contributed by atoms with Crippen molar-refractivity contribution in [1.82, 2.24) is 10.2 Å². The fraction of sp³-hybridized carbons (Fsp3) is 0.316. The van der Waals surface area contributed by atoms with Crippen LogP contribution in [-0.2, 0) is 6.54 Å². The number of hydrogen-bond acceptors (Lipinski definition) is 3. The predicted octanol–water partition coefficient (Wildman–Crippen LogP) is 3.09. The molecular weight excluding hydrogens is 322 g/mol. The number of carbonyl (C=O) groups is 1. The summed E-state index contributed by atoms with van der Waals surface area (Å²) in [5.41, 5.74) is 8.35.